The minimum Gasteiger partial charge on any atom is -0.325 e. The summed E-state index contributed by atoms with van der Waals surface area (Å²) in [5.74, 6) is 0.459. The van der Waals surface area contributed by atoms with Crippen LogP contribution in [0.2, 0.25) is 0 Å². The lowest BCUT2D eigenvalue weighted by Crippen LogP contribution is -2.28. The van der Waals surface area contributed by atoms with E-state index in [-0.39, 0.29) is 17.2 Å². The first kappa shape index (κ1) is 18.8. The second kappa shape index (κ2) is 8.20. The van der Waals surface area contributed by atoms with E-state index in [0.29, 0.717) is 12.2 Å². The maximum atomic E-state index is 12.6. The van der Waals surface area contributed by atoms with Gasteiger partial charge >= 0.3 is 0 Å². The number of anilines is 2. The summed E-state index contributed by atoms with van der Waals surface area (Å²) in [7, 11) is 0. The molecule has 2 aromatic carbocycles. The molecular weight excluding hydrogens is 388 g/mol. The van der Waals surface area contributed by atoms with Gasteiger partial charge in [-0.3, -0.25) is 14.5 Å². The number of thioether (sulfide) groups is 1. The van der Waals surface area contributed by atoms with Gasteiger partial charge in [0.05, 0.1) is 12.2 Å². The molecule has 0 aliphatic carbocycles. The highest BCUT2D eigenvalue weighted by atomic mass is 32.2. The largest absolute Gasteiger partial charge is 0.325 e. The van der Waals surface area contributed by atoms with Crippen LogP contribution in [0.3, 0.4) is 0 Å². The fourth-order valence-electron chi connectivity index (χ4n) is 3.23. The minimum absolute atomic E-state index is 0.0499. The lowest BCUT2D eigenvalue weighted by Gasteiger charge is -2.26. The monoisotopic (exact) mass is 408 g/mol. The Morgan fingerprint density at radius 3 is 2.64 bits per heavy atom. The average Bonchev–Trinajstić information content (AvgIpc) is 3.33. The van der Waals surface area contributed by atoms with E-state index in [1.54, 1.807) is 23.1 Å². The molecule has 0 spiro atoms. The number of aryl methyl sites for hydroxylation is 1. The molecule has 1 saturated heterocycles. The van der Waals surface area contributed by atoms with Crippen LogP contribution in [0, 0.1) is 6.92 Å². The van der Waals surface area contributed by atoms with Crippen LogP contribution in [0.1, 0.15) is 21.4 Å². The number of carbonyl (C=O) groups excluding carboxylic acids is 2. The first-order valence-electron chi connectivity index (χ1n) is 9.03. The van der Waals surface area contributed by atoms with E-state index in [1.165, 1.54) is 0 Å². The molecular formula is C22H20N2O2S2. The van der Waals surface area contributed by atoms with Crippen molar-refractivity contribution in [3.63, 3.8) is 0 Å². The number of nitrogens with one attached hydrogen (secondary N) is 1. The fourth-order valence-corrected chi connectivity index (χ4v) is 5.15. The zero-order chi connectivity index (χ0) is 19.5. The molecule has 1 aliphatic rings. The molecule has 1 N–H and O–H groups in total. The molecule has 6 heteroatoms. The van der Waals surface area contributed by atoms with Gasteiger partial charge in [0.2, 0.25) is 11.8 Å². The maximum absolute atomic E-state index is 12.6. The summed E-state index contributed by atoms with van der Waals surface area (Å²) >= 11 is 3.16. The normalized spacial score (nSPS) is 16.4. The van der Waals surface area contributed by atoms with E-state index >= 15 is 0 Å². The van der Waals surface area contributed by atoms with Crippen LogP contribution in [0.5, 0.6) is 0 Å². The van der Waals surface area contributed by atoms with Crippen LogP contribution < -0.4 is 10.2 Å². The molecule has 0 unspecified atom stereocenters. The molecule has 4 rings (SSSR count). The number of hydrogen-bond donors (Lipinski definition) is 1. The van der Waals surface area contributed by atoms with Crippen molar-refractivity contribution in [2.75, 3.05) is 16.0 Å². The molecule has 1 aromatic heterocycles. The smallest absolute Gasteiger partial charge is 0.238 e. The Labute approximate surface area is 172 Å². The minimum atomic E-state index is -0.159. The molecule has 3 aromatic rings. The van der Waals surface area contributed by atoms with Crippen LogP contribution >= 0.6 is 23.1 Å². The topological polar surface area (TPSA) is 49.4 Å². The van der Waals surface area contributed by atoms with Crippen LogP contribution in [0.25, 0.3) is 0 Å². The molecule has 2 amide bonds. The summed E-state index contributed by atoms with van der Waals surface area (Å²) in [4.78, 5) is 28.0. The highest BCUT2D eigenvalue weighted by Crippen LogP contribution is 2.44. The molecule has 28 heavy (non-hydrogen) atoms. The van der Waals surface area contributed by atoms with Gasteiger partial charge in [-0.05, 0) is 36.6 Å². The van der Waals surface area contributed by atoms with Gasteiger partial charge in [-0.2, -0.15) is 0 Å². The van der Waals surface area contributed by atoms with Crippen molar-refractivity contribution >= 4 is 46.3 Å². The number of amides is 2. The second-order valence-electron chi connectivity index (χ2n) is 6.65. The van der Waals surface area contributed by atoms with E-state index in [0.717, 1.165) is 27.4 Å². The summed E-state index contributed by atoms with van der Waals surface area (Å²) in [5, 5.41) is 4.85. The van der Waals surface area contributed by atoms with E-state index in [9.17, 15) is 9.59 Å². The lowest BCUT2D eigenvalue weighted by atomic mass is 10.1. The molecule has 2 heterocycles. The van der Waals surface area contributed by atoms with Gasteiger partial charge in [0, 0.05) is 21.8 Å². The maximum Gasteiger partial charge on any atom is 0.238 e. The third-order valence-corrected chi connectivity index (χ3v) is 6.67. The van der Waals surface area contributed by atoms with Gasteiger partial charge in [0.25, 0.3) is 0 Å². The third kappa shape index (κ3) is 3.98. The van der Waals surface area contributed by atoms with Gasteiger partial charge in [0.15, 0.2) is 0 Å². The number of para-hydroxylation sites is 1. The van der Waals surface area contributed by atoms with Crippen molar-refractivity contribution in [3.8, 4) is 0 Å². The molecule has 0 radical (unpaired) electrons. The zero-order valence-electron chi connectivity index (χ0n) is 15.4. The molecule has 1 aliphatic heterocycles. The summed E-state index contributed by atoms with van der Waals surface area (Å²) in [5.41, 5.74) is 3.73. The zero-order valence-corrected chi connectivity index (χ0v) is 17.1. The molecule has 1 fully saturated rings. The van der Waals surface area contributed by atoms with Crippen molar-refractivity contribution < 1.29 is 9.59 Å². The van der Waals surface area contributed by atoms with Crippen molar-refractivity contribution in [1.82, 2.24) is 0 Å². The fraction of sp³-hybridized carbons (Fsp3) is 0.182. The molecule has 4 nitrogen and oxygen atoms in total. The number of rotatable bonds is 5. The Hall–Kier alpha value is -2.57. The van der Waals surface area contributed by atoms with Gasteiger partial charge in [-0.15, -0.1) is 23.1 Å². The van der Waals surface area contributed by atoms with Gasteiger partial charge in [0.1, 0.15) is 5.37 Å². The Morgan fingerprint density at radius 1 is 1.11 bits per heavy atom. The summed E-state index contributed by atoms with van der Waals surface area (Å²) in [6.45, 7) is 2.03. The molecule has 142 valence electrons. The second-order valence-corrected chi connectivity index (χ2v) is 8.75. The van der Waals surface area contributed by atoms with Gasteiger partial charge < -0.3 is 5.32 Å². The Balaban J connectivity index is 1.60. The number of hydrogen-bond acceptors (Lipinski definition) is 4. The molecule has 0 bridgehead atoms. The average molecular weight is 409 g/mol. The number of nitrogens with zero attached hydrogens (tertiary/aromatic N) is 1. The highest BCUT2D eigenvalue weighted by Gasteiger charge is 2.35. The molecule has 1 atom stereocenters. The third-order valence-electron chi connectivity index (χ3n) is 4.60. The van der Waals surface area contributed by atoms with Crippen LogP contribution in [0.4, 0.5) is 11.4 Å². The summed E-state index contributed by atoms with van der Waals surface area (Å²) in [6.07, 6.45) is 0.352. The first-order valence-corrected chi connectivity index (χ1v) is 11.0. The number of carbonyl (C=O) groups is 2. The van der Waals surface area contributed by atoms with E-state index in [1.807, 2.05) is 77.9 Å². The summed E-state index contributed by atoms with van der Waals surface area (Å²) in [6, 6.07) is 19.6. The highest BCUT2D eigenvalue weighted by molar-refractivity contribution is 8.00. The van der Waals surface area contributed by atoms with Crippen molar-refractivity contribution in [1.29, 1.82) is 0 Å². The number of benzene rings is 2. The van der Waals surface area contributed by atoms with E-state index in [2.05, 4.69) is 5.32 Å². The van der Waals surface area contributed by atoms with Crippen LogP contribution in [-0.4, -0.2) is 17.6 Å². The van der Waals surface area contributed by atoms with E-state index < -0.39 is 0 Å². The van der Waals surface area contributed by atoms with Crippen molar-refractivity contribution in [2.45, 2.75) is 18.7 Å². The Morgan fingerprint density at radius 2 is 1.89 bits per heavy atom. The SMILES string of the molecule is Cc1ccc(N2C(=O)CS[C@H]2c2ccccc2NC(=O)Cc2cccs2)cc1. The predicted molar refractivity (Wildman–Crippen MR) is 117 cm³/mol. The van der Waals surface area contributed by atoms with Gasteiger partial charge in [-0.25, -0.2) is 0 Å². The quantitative estimate of drug-likeness (QED) is 0.645. The Kier molecular flexibility index (Phi) is 5.50. The standard InChI is InChI=1S/C22H20N2O2S2/c1-15-8-10-16(11-9-15)24-21(26)14-28-22(24)18-6-2-3-7-19(18)23-20(25)13-17-5-4-12-27-17/h2-12,22H,13-14H2,1H3,(H,23,25)/t22-/m0/s1. The van der Waals surface area contributed by atoms with Crippen molar-refractivity contribution in [2.24, 2.45) is 0 Å². The van der Waals surface area contributed by atoms with E-state index in [4.69, 9.17) is 0 Å². The first-order chi connectivity index (χ1) is 13.6. The summed E-state index contributed by atoms with van der Waals surface area (Å²) < 4.78 is 0. The lowest BCUT2D eigenvalue weighted by molar-refractivity contribution is -0.116. The van der Waals surface area contributed by atoms with Crippen molar-refractivity contribution in [3.05, 3.63) is 82.0 Å². The van der Waals surface area contributed by atoms with Gasteiger partial charge in [-0.1, -0.05) is 42.0 Å². The van der Waals surface area contributed by atoms with Crippen LogP contribution in [-0.2, 0) is 16.0 Å². The Bertz CT molecular complexity index is 984. The number of thiophene rings is 1. The predicted octanol–water partition coefficient (Wildman–Crippen LogP) is 5.02. The van der Waals surface area contributed by atoms with Crippen LogP contribution in [0.15, 0.2) is 66.0 Å². The molecule has 0 saturated carbocycles.